The standard InChI is InChI=1S/C13H15N3O4S/c1-5(13(19)20)16-12-8(6(2)17)7-3-4-15-9(11(14)18)10(7)21-12/h9,15-16H,1,3-4H2,2H3,(H2,14,18)(H,19,20). The zero-order valence-corrected chi connectivity index (χ0v) is 12.2. The fourth-order valence-electron chi connectivity index (χ4n) is 2.28. The Morgan fingerprint density at radius 1 is 1.48 bits per heavy atom. The molecular formula is C13H15N3O4S. The van der Waals surface area contributed by atoms with E-state index in [0.717, 1.165) is 16.9 Å². The van der Waals surface area contributed by atoms with Crippen LogP contribution in [-0.2, 0) is 16.0 Å². The lowest BCUT2D eigenvalue weighted by Crippen LogP contribution is -2.38. The van der Waals surface area contributed by atoms with E-state index in [1.54, 1.807) is 0 Å². The van der Waals surface area contributed by atoms with Gasteiger partial charge in [0.2, 0.25) is 5.91 Å². The van der Waals surface area contributed by atoms with E-state index in [4.69, 9.17) is 10.8 Å². The predicted octanol–water partition coefficient (Wildman–Crippen LogP) is 0.633. The van der Waals surface area contributed by atoms with Gasteiger partial charge in [0.25, 0.3) is 0 Å². The van der Waals surface area contributed by atoms with Crippen LogP contribution < -0.4 is 16.4 Å². The zero-order chi connectivity index (χ0) is 15.7. The Balaban J connectivity index is 2.51. The Kier molecular flexibility index (Phi) is 4.10. The Morgan fingerprint density at radius 3 is 2.67 bits per heavy atom. The lowest BCUT2D eigenvalue weighted by molar-refractivity contribution is -0.132. The number of fused-ring (bicyclic) bond motifs is 1. The average Bonchev–Trinajstić information content (AvgIpc) is 2.75. The molecule has 21 heavy (non-hydrogen) atoms. The van der Waals surface area contributed by atoms with Crippen LogP contribution in [0.1, 0.15) is 33.8 Å². The molecule has 1 aromatic rings. The van der Waals surface area contributed by atoms with Gasteiger partial charge in [0.05, 0.1) is 5.56 Å². The molecular weight excluding hydrogens is 294 g/mol. The summed E-state index contributed by atoms with van der Waals surface area (Å²) in [6, 6.07) is -0.662. The van der Waals surface area contributed by atoms with E-state index in [9.17, 15) is 14.4 Å². The quantitative estimate of drug-likeness (QED) is 0.467. The van der Waals surface area contributed by atoms with Crippen molar-refractivity contribution >= 4 is 34.0 Å². The highest BCUT2D eigenvalue weighted by molar-refractivity contribution is 7.17. The summed E-state index contributed by atoms with van der Waals surface area (Å²) in [4.78, 5) is 34.9. The van der Waals surface area contributed by atoms with Crippen molar-refractivity contribution in [3.63, 3.8) is 0 Å². The SMILES string of the molecule is C=C(Nc1sc2c(c1C(C)=O)CCNC2C(N)=O)C(=O)O. The number of nitrogens with two attached hydrogens (primary N) is 1. The number of carbonyl (C=O) groups excluding carboxylic acids is 2. The fraction of sp³-hybridized carbons (Fsp3) is 0.308. The molecule has 7 nitrogen and oxygen atoms in total. The van der Waals surface area contributed by atoms with Crippen molar-refractivity contribution in [1.82, 2.24) is 5.32 Å². The average molecular weight is 309 g/mol. The summed E-state index contributed by atoms with van der Waals surface area (Å²) >= 11 is 1.15. The Bertz CT molecular complexity index is 650. The molecule has 0 saturated carbocycles. The first-order chi connectivity index (χ1) is 9.82. The van der Waals surface area contributed by atoms with Crippen LogP contribution in [0.4, 0.5) is 5.00 Å². The number of ketones is 1. The number of carbonyl (C=O) groups is 3. The third kappa shape index (κ3) is 2.81. The van der Waals surface area contributed by atoms with Gasteiger partial charge in [0, 0.05) is 11.4 Å². The first-order valence-electron chi connectivity index (χ1n) is 6.21. The Hall–Kier alpha value is -2.19. The highest BCUT2D eigenvalue weighted by Gasteiger charge is 2.32. The minimum atomic E-state index is -1.21. The van der Waals surface area contributed by atoms with Crippen LogP contribution >= 0.6 is 11.3 Å². The van der Waals surface area contributed by atoms with Gasteiger partial charge in [-0.25, -0.2) is 4.79 Å². The summed E-state index contributed by atoms with van der Waals surface area (Å²) in [6.07, 6.45) is 0.575. The van der Waals surface area contributed by atoms with E-state index >= 15 is 0 Å². The number of Topliss-reactive ketones (excluding diaryl/α,β-unsaturated/α-hetero) is 1. The number of thiophene rings is 1. The molecule has 1 aliphatic heterocycles. The largest absolute Gasteiger partial charge is 0.477 e. The van der Waals surface area contributed by atoms with Crippen LogP contribution in [0.2, 0.25) is 0 Å². The molecule has 0 spiro atoms. The van der Waals surface area contributed by atoms with Gasteiger partial charge >= 0.3 is 5.97 Å². The third-order valence-corrected chi connectivity index (χ3v) is 4.40. The van der Waals surface area contributed by atoms with Gasteiger partial charge in [-0.3, -0.25) is 9.59 Å². The van der Waals surface area contributed by atoms with Gasteiger partial charge in [-0.2, -0.15) is 0 Å². The van der Waals surface area contributed by atoms with Gasteiger partial charge in [-0.15, -0.1) is 11.3 Å². The third-order valence-electron chi connectivity index (χ3n) is 3.18. The summed E-state index contributed by atoms with van der Waals surface area (Å²) in [7, 11) is 0. The van der Waals surface area contributed by atoms with E-state index in [-0.39, 0.29) is 11.5 Å². The van der Waals surface area contributed by atoms with Crippen molar-refractivity contribution in [3.8, 4) is 0 Å². The number of hydrogen-bond donors (Lipinski definition) is 4. The van der Waals surface area contributed by atoms with E-state index in [2.05, 4.69) is 17.2 Å². The monoisotopic (exact) mass is 309 g/mol. The van der Waals surface area contributed by atoms with Gasteiger partial charge in [-0.1, -0.05) is 6.58 Å². The number of carboxylic acid groups (broad SMARTS) is 1. The van der Waals surface area contributed by atoms with Crippen molar-refractivity contribution in [2.45, 2.75) is 19.4 Å². The second-order valence-corrected chi connectivity index (χ2v) is 5.71. The van der Waals surface area contributed by atoms with Crippen molar-refractivity contribution in [1.29, 1.82) is 0 Å². The first kappa shape index (κ1) is 15.2. The van der Waals surface area contributed by atoms with E-state index in [0.29, 0.717) is 28.4 Å². The molecule has 1 amide bonds. The maximum atomic E-state index is 11.9. The second-order valence-electron chi connectivity index (χ2n) is 4.65. The van der Waals surface area contributed by atoms with Gasteiger partial charge in [0.15, 0.2) is 5.78 Å². The molecule has 0 saturated heterocycles. The lowest BCUT2D eigenvalue weighted by atomic mass is 9.97. The Morgan fingerprint density at radius 2 is 2.14 bits per heavy atom. The van der Waals surface area contributed by atoms with Gasteiger partial charge in [0.1, 0.15) is 16.7 Å². The molecule has 1 atom stereocenters. The maximum absolute atomic E-state index is 11.9. The minimum absolute atomic E-state index is 0.196. The summed E-state index contributed by atoms with van der Waals surface area (Å²) in [5, 5.41) is 14.9. The molecule has 0 aliphatic carbocycles. The number of nitrogens with one attached hydrogen (secondary N) is 2. The minimum Gasteiger partial charge on any atom is -0.477 e. The summed E-state index contributed by atoms with van der Waals surface area (Å²) in [5.74, 6) is -1.94. The molecule has 0 radical (unpaired) electrons. The summed E-state index contributed by atoms with van der Waals surface area (Å²) in [5.41, 5.74) is 6.27. The van der Waals surface area contributed by atoms with Crippen LogP contribution in [0.3, 0.4) is 0 Å². The molecule has 0 bridgehead atoms. The molecule has 1 unspecified atom stereocenters. The zero-order valence-electron chi connectivity index (χ0n) is 11.4. The normalized spacial score (nSPS) is 16.9. The van der Waals surface area contributed by atoms with E-state index in [1.807, 2.05) is 0 Å². The number of hydrogen-bond acceptors (Lipinski definition) is 6. The van der Waals surface area contributed by atoms with Gasteiger partial charge < -0.3 is 21.5 Å². The fourth-order valence-corrected chi connectivity index (χ4v) is 3.69. The molecule has 1 aromatic heterocycles. The lowest BCUT2D eigenvalue weighted by Gasteiger charge is -2.21. The molecule has 8 heteroatoms. The molecule has 0 fully saturated rings. The van der Waals surface area contributed by atoms with Crippen LogP contribution in [-0.4, -0.2) is 29.3 Å². The number of amides is 1. The summed E-state index contributed by atoms with van der Waals surface area (Å²) < 4.78 is 0. The predicted molar refractivity (Wildman–Crippen MR) is 78.4 cm³/mol. The molecule has 2 rings (SSSR count). The van der Waals surface area contributed by atoms with E-state index < -0.39 is 17.9 Å². The van der Waals surface area contributed by atoms with Crippen LogP contribution in [0.25, 0.3) is 0 Å². The van der Waals surface area contributed by atoms with Crippen molar-refractivity contribution in [3.05, 3.63) is 28.3 Å². The molecule has 0 aromatic carbocycles. The number of primary amides is 1. The highest BCUT2D eigenvalue weighted by Crippen LogP contribution is 2.40. The molecule has 2 heterocycles. The topological polar surface area (TPSA) is 122 Å². The van der Waals surface area contributed by atoms with Crippen molar-refractivity contribution in [2.24, 2.45) is 5.73 Å². The number of aliphatic carboxylic acids is 1. The van der Waals surface area contributed by atoms with E-state index in [1.165, 1.54) is 6.92 Å². The maximum Gasteiger partial charge on any atom is 0.351 e. The van der Waals surface area contributed by atoms with Crippen LogP contribution in [0, 0.1) is 0 Å². The molecule has 5 N–H and O–H groups in total. The van der Waals surface area contributed by atoms with Gasteiger partial charge in [-0.05, 0) is 18.9 Å². The number of carboxylic acids is 1. The Labute approximate surface area is 124 Å². The van der Waals surface area contributed by atoms with Crippen molar-refractivity contribution < 1.29 is 19.5 Å². The highest BCUT2D eigenvalue weighted by atomic mass is 32.1. The summed E-state index contributed by atoms with van der Waals surface area (Å²) in [6.45, 7) is 5.31. The smallest absolute Gasteiger partial charge is 0.351 e. The van der Waals surface area contributed by atoms with Crippen LogP contribution in [0.5, 0.6) is 0 Å². The second kappa shape index (κ2) is 5.66. The molecule has 1 aliphatic rings. The number of anilines is 1. The van der Waals surface area contributed by atoms with Crippen molar-refractivity contribution in [2.75, 3.05) is 11.9 Å². The first-order valence-corrected chi connectivity index (χ1v) is 7.03. The van der Waals surface area contributed by atoms with Crippen LogP contribution in [0.15, 0.2) is 12.3 Å². The molecule has 112 valence electrons. The number of rotatable bonds is 5.